The number of fused-ring (bicyclic) bond motifs is 1. The zero-order chi connectivity index (χ0) is 28.1. The first-order valence-corrected chi connectivity index (χ1v) is 12.6. The van der Waals surface area contributed by atoms with Crippen LogP contribution < -0.4 is 11.1 Å². The van der Waals surface area contributed by atoms with Gasteiger partial charge in [-0.2, -0.15) is 5.10 Å². The van der Waals surface area contributed by atoms with Gasteiger partial charge in [-0.25, -0.2) is 18.4 Å². The van der Waals surface area contributed by atoms with Gasteiger partial charge in [0.25, 0.3) is 11.8 Å². The van der Waals surface area contributed by atoms with E-state index in [4.69, 9.17) is 16.9 Å². The van der Waals surface area contributed by atoms with Gasteiger partial charge in [-0.05, 0) is 31.1 Å². The van der Waals surface area contributed by atoms with E-state index in [1.54, 1.807) is 11.6 Å². The van der Waals surface area contributed by atoms with E-state index in [1.807, 2.05) is 0 Å². The molecule has 3 N–H and O–H groups in total. The number of carbonyl (C=O) groups excluding carboxylic acids is 2. The van der Waals surface area contributed by atoms with E-state index in [1.165, 1.54) is 29.1 Å². The first-order chi connectivity index (χ1) is 18.6. The number of ether oxygens (including phenoxy) is 1. The molecule has 2 amide bonds. The zero-order valence-electron chi connectivity index (χ0n) is 21.2. The van der Waals surface area contributed by atoms with Gasteiger partial charge in [0, 0.05) is 32.8 Å². The summed E-state index contributed by atoms with van der Waals surface area (Å²) in [5.41, 5.74) is 5.36. The second-order valence-corrected chi connectivity index (χ2v) is 10.5. The Bertz CT molecular complexity index is 1610. The second-order valence-electron chi connectivity index (χ2n) is 9.57. The lowest BCUT2D eigenvalue weighted by molar-refractivity contribution is -0.126. The fraction of sp³-hybridized carbons (Fsp3) is 0.385. The average Bonchev–Trinajstić information content (AvgIpc) is 3.39. The van der Waals surface area contributed by atoms with Crippen LogP contribution in [0.2, 0.25) is 0 Å². The van der Waals surface area contributed by atoms with Crippen molar-refractivity contribution in [1.82, 2.24) is 24.2 Å². The predicted molar refractivity (Wildman–Crippen MR) is 139 cm³/mol. The highest BCUT2D eigenvalue weighted by atomic mass is 28.1. The van der Waals surface area contributed by atoms with Crippen LogP contribution in [0.25, 0.3) is 11.0 Å². The fourth-order valence-corrected chi connectivity index (χ4v) is 5.62. The summed E-state index contributed by atoms with van der Waals surface area (Å²) in [6.45, 7) is 0.300. The van der Waals surface area contributed by atoms with Gasteiger partial charge >= 0.3 is 0 Å². The van der Waals surface area contributed by atoms with Gasteiger partial charge in [-0.15, -0.1) is 6.42 Å². The lowest BCUT2D eigenvalue weighted by atomic mass is 10.1. The van der Waals surface area contributed by atoms with Gasteiger partial charge < -0.3 is 25.3 Å². The molecule has 1 saturated heterocycles. The molecule has 1 aliphatic carbocycles. The highest BCUT2D eigenvalue weighted by Crippen LogP contribution is 2.38. The van der Waals surface area contributed by atoms with E-state index in [0.29, 0.717) is 11.9 Å². The normalized spacial score (nSPS) is 20.5. The van der Waals surface area contributed by atoms with E-state index in [9.17, 15) is 9.59 Å². The van der Waals surface area contributed by atoms with Gasteiger partial charge in [0.15, 0.2) is 11.5 Å². The molecule has 39 heavy (non-hydrogen) atoms. The summed E-state index contributed by atoms with van der Waals surface area (Å²) in [5.74, 6) is 4.27. The molecule has 3 radical (unpaired) electrons. The molecule has 2 aliphatic rings. The number of anilines is 1. The Morgan fingerprint density at radius 2 is 2.10 bits per heavy atom. The average molecular weight is 549 g/mol. The van der Waals surface area contributed by atoms with E-state index in [-0.39, 0.29) is 47.8 Å². The van der Waals surface area contributed by atoms with Crippen molar-refractivity contribution in [1.29, 1.82) is 0 Å². The van der Waals surface area contributed by atoms with Crippen molar-refractivity contribution in [2.45, 2.75) is 36.5 Å². The molecule has 13 heteroatoms. The molecule has 199 valence electrons. The summed E-state index contributed by atoms with van der Waals surface area (Å²) < 4.78 is 38.8. The summed E-state index contributed by atoms with van der Waals surface area (Å²) in [6.07, 6.45) is 9.02. The summed E-state index contributed by atoms with van der Waals surface area (Å²) >= 11 is 0. The summed E-state index contributed by atoms with van der Waals surface area (Å²) in [7, 11) is 6.80. The fourth-order valence-electron chi connectivity index (χ4n) is 5.05. The Kier molecular flexibility index (Phi) is 6.66. The maximum Gasteiger partial charge on any atom is 0.298 e. The number of amides is 2. The van der Waals surface area contributed by atoms with Crippen LogP contribution in [-0.4, -0.2) is 79.6 Å². The van der Waals surface area contributed by atoms with Crippen LogP contribution >= 0.6 is 0 Å². The van der Waals surface area contributed by atoms with Gasteiger partial charge in [-0.1, -0.05) is 5.92 Å². The molecule has 0 unspecified atom stereocenters. The molecule has 3 aromatic rings. The van der Waals surface area contributed by atoms with Crippen LogP contribution in [0.15, 0.2) is 12.4 Å². The molecule has 2 atom stereocenters. The van der Waals surface area contributed by atoms with Crippen LogP contribution in [0.3, 0.4) is 0 Å². The SMILES string of the molecule is C#CC(=O)N1C[C@@]([Si])(n2nc(C#Cc3c(F)cc4c(ncn4C4CC4)c3F)c(C(N)=O)c2NC)C[C@@H]1COC. The number of primary amides is 1. The molecule has 10 nitrogen and oxygen atoms in total. The van der Waals surface area contributed by atoms with E-state index in [2.05, 4.69) is 43.4 Å². The number of carbonyl (C=O) groups is 2. The maximum atomic E-state index is 15.3. The minimum atomic E-state index is -1.02. The smallest absolute Gasteiger partial charge is 0.298 e. The molecular formula is C26H24F2N7O3Si. The number of imidazole rings is 1. The van der Waals surface area contributed by atoms with Gasteiger partial charge in [0.1, 0.15) is 22.7 Å². The molecule has 1 aromatic carbocycles. The number of nitrogens with two attached hydrogens (primary N) is 1. The number of aromatic nitrogens is 4. The van der Waals surface area contributed by atoms with Crippen LogP contribution in [0, 0.1) is 35.8 Å². The first kappa shape index (κ1) is 26.4. The molecule has 5 rings (SSSR count). The highest BCUT2D eigenvalue weighted by molar-refractivity contribution is 6.15. The van der Waals surface area contributed by atoms with Gasteiger partial charge in [0.2, 0.25) is 0 Å². The quantitative estimate of drug-likeness (QED) is 0.352. The molecule has 1 saturated carbocycles. The first-order valence-electron chi connectivity index (χ1n) is 12.1. The summed E-state index contributed by atoms with van der Waals surface area (Å²) in [6, 6.07) is 1.01. The largest absolute Gasteiger partial charge is 0.383 e. The number of terminal acetylenes is 1. The number of benzene rings is 1. The van der Waals surface area contributed by atoms with Crippen molar-refractivity contribution in [3.05, 3.63) is 40.8 Å². The van der Waals surface area contributed by atoms with Crippen LogP contribution in [-0.2, 0) is 14.7 Å². The standard InChI is InChI=1S/C26H24F2N7O3Si/c1-4-20(36)33-12-26(39,10-15(33)11-38-3)35-25(30-2)21(24(29)37)18(32-35)8-7-16-17(27)9-19-23(22(16)28)31-13-34(19)14-5-6-14/h1,9,13-15,30H,5-6,10-12H2,2-3H3,(H2,29,37)/t15-,26-/m1/s1. The lowest BCUT2D eigenvalue weighted by Gasteiger charge is -2.26. The zero-order valence-corrected chi connectivity index (χ0v) is 22.2. The molecule has 3 heterocycles. The third-order valence-electron chi connectivity index (χ3n) is 6.97. The van der Waals surface area contributed by atoms with Crippen molar-refractivity contribution in [3.63, 3.8) is 0 Å². The van der Waals surface area contributed by atoms with E-state index >= 15 is 8.78 Å². The second kappa shape index (κ2) is 9.84. The Morgan fingerprint density at radius 3 is 2.72 bits per heavy atom. The third kappa shape index (κ3) is 4.43. The van der Waals surface area contributed by atoms with Gasteiger partial charge in [-0.3, -0.25) is 9.59 Å². The van der Waals surface area contributed by atoms with E-state index in [0.717, 1.165) is 12.8 Å². The minimum Gasteiger partial charge on any atom is -0.383 e. The number of likely N-dealkylation sites (tertiary alicyclic amines) is 1. The number of nitrogens with zero attached hydrogens (tertiary/aromatic N) is 5. The Balaban J connectivity index is 1.59. The molecule has 2 aromatic heterocycles. The Labute approximate surface area is 226 Å². The minimum absolute atomic E-state index is 0.0108. The molecular weight excluding hydrogens is 524 g/mol. The lowest BCUT2D eigenvalue weighted by Crippen LogP contribution is -2.41. The van der Waals surface area contributed by atoms with Crippen LogP contribution in [0.4, 0.5) is 14.6 Å². The van der Waals surface area contributed by atoms with Crippen LogP contribution in [0.1, 0.15) is 46.9 Å². The number of halogens is 2. The number of nitrogens with one attached hydrogen (secondary N) is 1. The molecule has 0 spiro atoms. The van der Waals surface area contributed by atoms with Crippen molar-refractivity contribution in [3.8, 4) is 24.2 Å². The summed E-state index contributed by atoms with van der Waals surface area (Å²) in [5, 5.41) is 6.36. The Hall–Kier alpha value is -4.20. The Morgan fingerprint density at radius 1 is 1.36 bits per heavy atom. The third-order valence-corrected chi connectivity index (χ3v) is 7.55. The maximum absolute atomic E-state index is 15.3. The number of hydrogen-bond donors (Lipinski definition) is 2. The van der Waals surface area contributed by atoms with Crippen molar-refractivity contribution < 1.29 is 23.1 Å². The topological polar surface area (TPSA) is 120 Å². The van der Waals surface area contributed by atoms with Crippen LogP contribution in [0.5, 0.6) is 0 Å². The van der Waals surface area contributed by atoms with Crippen molar-refractivity contribution in [2.24, 2.45) is 5.73 Å². The molecule has 1 aliphatic heterocycles. The van der Waals surface area contributed by atoms with Crippen molar-refractivity contribution >= 4 is 38.9 Å². The summed E-state index contributed by atoms with van der Waals surface area (Å²) in [4.78, 5) is 30.5. The molecule has 2 fully saturated rings. The van der Waals surface area contributed by atoms with E-state index < -0.39 is 34.2 Å². The highest BCUT2D eigenvalue weighted by Gasteiger charge is 2.46. The van der Waals surface area contributed by atoms with Gasteiger partial charge in [0.05, 0.1) is 45.5 Å². The predicted octanol–water partition coefficient (Wildman–Crippen LogP) is 1.09. The number of methoxy groups -OCH3 is 1. The number of hydrogen-bond acceptors (Lipinski definition) is 6. The van der Waals surface area contributed by atoms with Crippen molar-refractivity contribution in [2.75, 3.05) is 32.6 Å². The number of rotatable bonds is 6. The molecule has 0 bridgehead atoms. The monoisotopic (exact) mass is 548 g/mol.